The van der Waals surface area contributed by atoms with Gasteiger partial charge in [-0.15, -0.1) is 0 Å². The molecule has 1 heterocycles. The molecule has 1 aromatic carbocycles. The Morgan fingerprint density at radius 3 is 2.77 bits per heavy atom. The van der Waals surface area contributed by atoms with Gasteiger partial charge in [0.25, 0.3) is 0 Å². The van der Waals surface area contributed by atoms with E-state index in [0.717, 1.165) is 5.56 Å². The molecule has 0 aliphatic heterocycles. The van der Waals surface area contributed by atoms with Gasteiger partial charge < -0.3 is 19.6 Å². The molecule has 118 valence electrons. The Labute approximate surface area is 134 Å². The summed E-state index contributed by atoms with van der Waals surface area (Å²) in [5.74, 6) is 1.42. The second kappa shape index (κ2) is 7.33. The predicted molar refractivity (Wildman–Crippen MR) is 84.0 cm³/mol. The van der Waals surface area contributed by atoms with E-state index in [-0.39, 0.29) is 6.42 Å². The van der Waals surface area contributed by atoms with Gasteiger partial charge in [-0.3, -0.25) is 4.79 Å². The minimum absolute atomic E-state index is 0.280. The van der Waals surface area contributed by atoms with Crippen LogP contribution >= 0.6 is 11.6 Å². The number of halogens is 1. The van der Waals surface area contributed by atoms with Crippen LogP contribution in [0, 0.1) is 0 Å². The molecule has 0 amide bonds. The molecule has 0 spiro atoms. The number of benzene rings is 1. The predicted octanol–water partition coefficient (Wildman–Crippen LogP) is 3.04. The van der Waals surface area contributed by atoms with Crippen LogP contribution in [0.5, 0.6) is 5.75 Å². The molecular weight excluding hydrogens is 306 g/mol. The lowest BCUT2D eigenvalue weighted by molar-refractivity contribution is -0.144. The zero-order chi connectivity index (χ0) is 16.1. The van der Waals surface area contributed by atoms with Gasteiger partial charge in [-0.05, 0) is 37.3 Å². The van der Waals surface area contributed by atoms with E-state index in [9.17, 15) is 4.79 Å². The summed E-state index contributed by atoms with van der Waals surface area (Å²) in [5.41, 5.74) is 6.59. The molecule has 0 saturated heterocycles. The first kappa shape index (κ1) is 16.4. The van der Waals surface area contributed by atoms with Crippen molar-refractivity contribution < 1.29 is 18.7 Å². The second-order valence-corrected chi connectivity index (χ2v) is 5.09. The second-order valence-electron chi connectivity index (χ2n) is 4.68. The van der Waals surface area contributed by atoms with Crippen LogP contribution in [-0.4, -0.2) is 25.7 Å². The van der Waals surface area contributed by atoms with Crippen LogP contribution in [0.3, 0.4) is 0 Å². The summed E-state index contributed by atoms with van der Waals surface area (Å²) in [6.45, 7) is 2.04. The molecule has 2 aromatic rings. The Morgan fingerprint density at radius 2 is 2.14 bits per heavy atom. The molecule has 2 N–H and O–H groups in total. The van der Waals surface area contributed by atoms with Crippen molar-refractivity contribution in [3.05, 3.63) is 41.1 Å². The summed E-state index contributed by atoms with van der Waals surface area (Å²) >= 11 is 6.10. The average Bonchev–Trinajstić information content (AvgIpc) is 2.95. The van der Waals surface area contributed by atoms with Crippen LogP contribution in [0.1, 0.15) is 12.7 Å². The van der Waals surface area contributed by atoms with Crippen LogP contribution in [0.4, 0.5) is 0 Å². The smallest absolute Gasteiger partial charge is 0.323 e. The third-order valence-electron chi connectivity index (χ3n) is 3.11. The largest absolute Gasteiger partial charge is 0.495 e. The molecule has 0 fully saturated rings. The van der Waals surface area contributed by atoms with Crippen molar-refractivity contribution in [1.82, 2.24) is 0 Å². The normalized spacial score (nSPS) is 12.0. The fourth-order valence-electron chi connectivity index (χ4n) is 2.01. The maximum atomic E-state index is 11.5. The number of carbonyl (C=O) groups excluding carboxylic acids is 1. The van der Waals surface area contributed by atoms with Crippen LogP contribution in [0.2, 0.25) is 5.02 Å². The van der Waals surface area contributed by atoms with Gasteiger partial charge in [0.15, 0.2) is 0 Å². The van der Waals surface area contributed by atoms with Gasteiger partial charge in [-0.1, -0.05) is 11.6 Å². The highest BCUT2D eigenvalue weighted by molar-refractivity contribution is 6.32. The number of methoxy groups -OCH3 is 1. The van der Waals surface area contributed by atoms with Crippen molar-refractivity contribution in [2.45, 2.75) is 19.4 Å². The van der Waals surface area contributed by atoms with Gasteiger partial charge in [0.1, 0.15) is 23.3 Å². The molecule has 1 aromatic heterocycles. The average molecular weight is 324 g/mol. The maximum Gasteiger partial charge on any atom is 0.323 e. The van der Waals surface area contributed by atoms with E-state index in [1.807, 2.05) is 12.1 Å². The standard InChI is InChI=1S/C16H18ClNO4/c1-3-21-16(19)13(18)9-11-5-7-14(22-11)10-4-6-15(20-2)12(17)8-10/h4-8,13H,3,9,18H2,1-2H3. The van der Waals surface area contributed by atoms with Gasteiger partial charge in [0.05, 0.1) is 18.7 Å². The molecule has 0 aliphatic carbocycles. The first-order chi connectivity index (χ1) is 10.5. The summed E-state index contributed by atoms with van der Waals surface area (Å²) < 4.78 is 15.7. The number of rotatable bonds is 6. The molecule has 0 aliphatic rings. The molecule has 22 heavy (non-hydrogen) atoms. The van der Waals surface area contributed by atoms with Crippen LogP contribution in [-0.2, 0) is 16.0 Å². The Morgan fingerprint density at radius 1 is 1.36 bits per heavy atom. The van der Waals surface area contributed by atoms with E-state index < -0.39 is 12.0 Å². The molecule has 5 nitrogen and oxygen atoms in total. The highest BCUT2D eigenvalue weighted by Gasteiger charge is 2.17. The van der Waals surface area contributed by atoms with Gasteiger partial charge in [-0.2, -0.15) is 0 Å². The van der Waals surface area contributed by atoms with Crippen molar-refractivity contribution in [2.75, 3.05) is 13.7 Å². The Bertz CT molecular complexity index is 653. The highest BCUT2D eigenvalue weighted by Crippen LogP contribution is 2.31. The number of hydrogen-bond acceptors (Lipinski definition) is 5. The molecule has 0 radical (unpaired) electrons. The third kappa shape index (κ3) is 3.81. The quantitative estimate of drug-likeness (QED) is 0.827. The lowest BCUT2D eigenvalue weighted by Crippen LogP contribution is -2.34. The van der Waals surface area contributed by atoms with Crippen LogP contribution in [0.25, 0.3) is 11.3 Å². The first-order valence-corrected chi connectivity index (χ1v) is 7.27. The zero-order valence-electron chi connectivity index (χ0n) is 12.5. The summed E-state index contributed by atoms with van der Waals surface area (Å²) in [6, 6.07) is 8.23. The Balaban J connectivity index is 2.11. The molecule has 1 atom stereocenters. The SMILES string of the molecule is CCOC(=O)C(N)Cc1ccc(-c2ccc(OC)c(Cl)c2)o1. The number of esters is 1. The summed E-state index contributed by atoms with van der Waals surface area (Å²) in [4.78, 5) is 11.5. The fourth-order valence-corrected chi connectivity index (χ4v) is 2.27. The Kier molecular flexibility index (Phi) is 5.46. The van der Waals surface area contributed by atoms with E-state index in [1.165, 1.54) is 0 Å². The summed E-state index contributed by atoms with van der Waals surface area (Å²) in [5, 5.41) is 0.501. The van der Waals surface area contributed by atoms with E-state index in [1.54, 1.807) is 32.2 Å². The number of ether oxygens (including phenoxy) is 2. The van der Waals surface area contributed by atoms with Gasteiger partial charge in [0, 0.05) is 12.0 Å². The van der Waals surface area contributed by atoms with E-state index >= 15 is 0 Å². The molecule has 0 bridgehead atoms. The number of furan rings is 1. The molecule has 1 unspecified atom stereocenters. The Hall–Kier alpha value is -1.98. The van der Waals surface area contributed by atoms with Gasteiger partial charge in [0.2, 0.25) is 0 Å². The third-order valence-corrected chi connectivity index (χ3v) is 3.40. The van der Waals surface area contributed by atoms with E-state index in [0.29, 0.717) is 28.9 Å². The lowest BCUT2D eigenvalue weighted by atomic mass is 10.1. The van der Waals surface area contributed by atoms with Crippen LogP contribution < -0.4 is 10.5 Å². The number of nitrogens with two attached hydrogens (primary N) is 1. The maximum absolute atomic E-state index is 11.5. The van der Waals surface area contributed by atoms with Crippen molar-refractivity contribution in [2.24, 2.45) is 5.73 Å². The first-order valence-electron chi connectivity index (χ1n) is 6.90. The minimum Gasteiger partial charge on any atom is -0.495 e. The van der Waals surface area contributed by atoms with Gasteiger partial charge in [-0.25, -0.2) is 0 Å². The molecule has 6 heteroatoms. The summed E-state index contributed by atoms with van der Waals surface area (Å²) in [7, 11) is 1.56. The molecule has 2 rings (SSSR count). The fraction of sp³-hybridized carbons (Fsp3) is 0.312. The number of carbonyl (C=O) groups is 1. The number of hydrogen-bond donors (Lipinski definition) is 1. The monoisotopic (exact) mass is 323 g/mol. The van der Waals surface area contributed by atoms with Crippen molar-refractivity contribution >= 4 is 17.6 Å². The minimum atomic E-state index is -0.738. The zero-order valence-corrected chi connectivity index (χ0v) is 13.2. The van der Waals surface area contributed by atoms with E-state index in [2.05, 4.69) is 0 Å². The van der Waals surface area contributed by atoms with Gasteiger partial charge >= 0.3 is 5.97 Å². The van der Waals surface area contributed by atoms with Crippen molar-refractivity contribution in [1.29, 1.82) is 0 Å². The summed E-state index contributed by atoms with van der Waals surface area (Å²) in [6.07, 6.45) is 0.280. The van der Waals surface area contributed by atoms with Crippen molar-refractivity contribution in [3.63, 3.8) is 0 Å². The van der Waals surface area contributed by atoms with Crippen LogP contribution in [0.15, 0.2) is 34.7 Å². The lowest BCUT2D eigenvalue weighted by Gasteiger charge is -2.08. The highest BCUT2D eigenvalue weighted by atomic mass is 35.5. The molecular formula is C16H18ClNO4. The topological polar surface area (TPSA) is 74.7 Å². The van der Waals surface area contributed by atoms with E-state index in [4.69, 9.17) is 31.2 Å². The molecule has 0 saturated carbocycles. The van der Waals surface area contributed by atoms with Crippen molar-refractivity contribution in [3.8, 4) is 17.1 Å².